The van der Waals surface area contributed by atoms with Gasteiger partial charge in [-0.1, -0.05) is 0 Å². The van der Waals surface area contributed by atoms with Gasteiger partial charge in [0.1, 0.15) is 0 Å². The normalized spacial score (nSPS) is 11.3. The first-order valence-electron chi connectivity index (χ1n) is 6.52. The highest BCUT2D eigenvalue weighted by atomic mass is 19.4. The number of hydrogen-bond donors (Lipinski definition) is 2. The standard InChI is InChI=1S/C14H12F3N3O3/c15-14(16,17)9-1-3-10(4-2-9)18-11(21)5-7-20-8-6-12(22)19-13(20)23/h1-4,6,8H,5,7H2,(H,18,21)(H,19,22,23). The molecule has 0 saturated carbocycles. The van der Waals surface area contributed by atoms with Gasteiger partial charge in [0.25, 0.3) is 5.56 Å². The van der Waals surface area contributed by atoms with Crippen LogP contribution in [0.25, 0.3) is 0 Å². The van der Waals surface area contributed by atoms with Crippen molar-refractivity contribution in [1.29, 1.82) is 0 Å². The number of amides is 1. The molecule has 1 aromatic carbocycles. The molecule has 122 valence electrons. The van der Waals surface area contributed by atoms with E-state index in [2.05, 4.69) is 5.32 Å². The Hall–Kier alpha value is -2.84. The highest BCUT2D eigenvalue weighted by Gasteiger charge is 2.29. The van der Waals surface area contributed by atoms with E-state index in [9.17, 15) is 27.6 Å². The fraction of sp³-hybridized carbons (Fsp3) is 0.214. The van der Waals surface area contributed by atoms with Crippen molar-refractivity contribution in [2.45, 2.75) is 19.1 Å². The lowest BCUT2D eigenvalue weighted by atomic mass is 10.2. The lowest BCUT2D eigenvalue weighted by Gasteiger charge is -2.09. The number of alkyl halides is 3. The highest BCUT2D eigenvalue weighted by Crippen LogP contribution is 2.29. The monoisotopic (exact) mass is 327 g/mol. The SMILES string of the molecule is O=C(CCn1ccc(=O)[nH]c1=O)Nc1ccc(C(F)(F)F)cc1. The lowest BCUT2D eigenvalue weighted by molar-refractivity contribution is -0.137. The molecule has 23 heavy (non-hydrogen) atoms. The third-order valence-corrected chi connectivity index (χ3v) is 2.97. The molecule has 6 nitrogen and oxygen atoms in total. The third kappa shape index (κ3) is 4.56. The van der Waals surface area contributed by atoms with Gasteiger partial charge in [0.15, 0.2) is 0 Å². The molecule has 1 amide bonds. The van der Waals surface area contributed by atoms with Gasteiger partial charge in [-0.25, -0.2) is 4.79 Å². The minimum Gasteiger partial charge on any atom is -0.326 e. The maximum atomic E-state index is 12.4. The fourth-order valence-electron chi connectivity index (χ4n) is 1.81. The van der Waals surface area contributed by atoms with Gasteiger partial charge < -0.3 is 9.88 Å². The molecule has 0 bridgehead atoms. The number of aryl methyl sites for hydroxylation is 1. The molecule has 1 heterocycles. The Morgan fingerprint density at radius 2 is 1.78 bits per heavy atom. The van der Waals surface area contributed by atoms with Crippen molar-refractivity contribution in [3.05, 3.63) is 62.9 Å². The zero-order valence-electron chi connectivity index (χ0n) is 11.7. The van der Waals surface area contributed by atoms with Gasteiger partial charge in [0, 0.05) is 30.9 Å². The minimum absolute atomic E-state index is 0.0298. The second-order valence-electron chi connectivity index (χ2n) is 4.68. The van der Waals surface area contributed by atoms with Crippen LogP contribution < -0.4 is 16.6 Å². The molecule has 0 spiro atoms. The van der Waals surface area contributed by atoms with Crippen LogP contribution >= 0.6 is 0 Å². The molecule has 0 atom stereocenters. The van der Waals surface area contributed by atoms with Gasteiger partial charge in [0.05, 0.1) is 5.56 Å². The number of carbonyl (C=O) groups excluding carboxylic acids is 1. The number of hydrogen-bond acceptors (Lipinski definition) is 3. The predicted octanol–water partition coefficient (Wildman–Crippen LogP) is 1.58. The van der Waals surface area contributed by atoms with Gasteiger partial charge in [-0.2, -0.15) is 13.2 Å². The quantitative estimate of drug-likeness (QED) is 0.894. The summed E-state index contributed by atoms with van der Waals surface area (Å²) >= 11 is 0. The van der Waals surface area contributed by atoms with Crippen LogP contribution in [0.2, 0.25) is 0 Å². The number of H-pyrrole nitrogens is 1. The van der Waals surface area contributed by atoms with E-state index >= 15 is 0 Å². The van der Waals surface area contributed by atoms with E-state index in [0.29, 0.717) is 0 Å². The zero-order chi connectivity index (χ0) is 17.0. The number of halogens is 3. The van der Waals surface area contributed by atoms with Gasteiger partial charge in [-0.05, 0) is 24.3 Å². The van der Waals surface area contributed by atoms with Crippen molar-refractivity contribution in [2.75, 3.05) is 5.32 Å². The Morgan fingerprint density at radius 1 is 1.13 bits per heavy atom. The van der Waals surface area contributed by atoms with Crippen LogP contribution in [0, 0.1) is 0 Å². The molecule has 2 N–H and O–H groups in total. The second-order valence-corrected chi connectivity index (χ2v) is 4.68. The molecular formula is C14H12F3N3O3. The first-order chi connectivity index (χ1) is 10.8. The van der Waals surface area contributed by atoms with Crippen LogP contribution in [0.4, 0.5) is 18.9 Å². The summed E-state index contributed by atoms with van der Waals surface area (Å²) in [6.07, 6.45) is -3.26. The number of carbonyl (C=O) groups is 1. The number of anilines is 1. The maximum absolute atomic E-state index is 12.4. The van der Waals surface area contributed by atoms with Crippen molar-refractivity contribution in [3.8, 4) is 0 Å². The smallest absolute Gasteiger partial charge is 0.326 e. The van der Waals surface area contributed by atoms with E-state index in [0.717, 1.165) is 34.9 Å². The molecule has 0 radical (unpaired) electrons. The van der Waals surface area contributed by atoms with Crippen LogP contribution in [0.1, 0.15) is 12.0 Å². The first-order valence-corrected chi connectivity index (χ1v) is 6.52. The Morgan fingerprint density at radius 3 is 2.35 bits per heavy atom. The Balaban J connectivity index is 1.94. The van der Waals surface area contributed by atoms with E-state index in [1.165, 1.54) is 6.20 Å². The van der Waals surface area contributed by atoms with Crippen molar-refractivity contribution in [2.24, 2.45) is 0 Å². The van der Waals surface area contributed by atoms with Gasteiger partial charge in [0.2, 0.25) is 5.91 Å². The van der Waals surface area contributed by atoms with E-state index in [-0.39, 0.29) is 18.7 Å². The topological polar surface area (TPSA) is 84.0 Å². The molecular weight excluding hydrogens is 315 g/mol. The third-order valence-electron chi connectivity index (χ3n) is 2.97. The second kappa shape index (κ2) is 6.51. The summed E-state index contributed by atoms with van der Waals surface area (Å²) < 4.78 is 38.4. The van der Waals surface area contributed by atoms with Crippen LogP contribution in [-0.4, -0.2) is 15.5 Å². The molecule has 1 aromatic heterocycles. The van der Waals surface area contributed by atoms with Gasteiger partial charge >= 0.3 is 11.9 Å². The summed E-state index contributed by atoms with van der Waals surface area (Å²) in [5, 5.41) is 2.43. The van der Waals surface area contributed by atoms with Gasteiger partial charge in [-0.3, -0.25) is 14.6 Å². The molecule has 2 aromatic rings. The predicted molar refractivity (Wildman–Crippen MR) is 76.0 cm³/mol. The molecule has 0 aliphatic rings. The van der Waals surface area contributed by atoms with Crippen LogP contribution in [-0.2, 0) is 17.5 Å². The number of benzene rings is 1. The summed E-state index contributed by atoms with van der Waals surface area (Å²) in [7, 11) is 0. The average molecular weight is 327 g/mol. The molecule has 0 aliphatic carbocycles. The number of nitrogens with zero attached hydrogens (tertiary/aromatic N) is 1. The van der Waals surface area contributed by atoms with Crippen molar-refractivity contribution >= 4 is 11.6 Å². The molecule has 2 rings (SSSR count). The van der Waals surface area contributed by atoms with Crippen LogP contribution in [0.3, 0.4) is 0 Å². The molecule has 0 fully saturated rings. The highest BCUT2D eigenvalue weighted by molar-refractivity contribution is 5.90. The van der Waals surface area contributed by atoms with Crippen LogP contribution in [0.5, 0.6) is 0 Å². The van der Waals surface area contributed by atoms with Crippen molar-refractivity contribution in [3.63, 3.8) is 0 Å². The van der Waals surface area contributed by atoms with E-state index in [1.54, 1.807) is 0 Å². The van der Waals surface area contributed by atoms with Crippen LogP contribution in [0.15, 0.2) is 46.1 Å². The maximum Gasteiger partial charge on any atom is 0.416 e. The summed E-state index contributed by atoms with van der Waals surface area (Å²) in [4.78, 5) is 36.1. The number of rotatable bonds is 4. The lowest BCUT2D eigenvalue weighted by Crippen LogP contribution is -2.29. The summed E-state index contributed by atoms with van der Waals surface area (Å²) in [5.41, 5.74) is -1.77. The molecule has 0 saturated heterocycles. The van der Waals surface area contributed by atoms with Crippen molar-refractivity contribution in [1.82, 2.24) is 9.55 Å². The van der Waals surface area contributed by atoms with Gasteiger partial charge in [-0.15, -0.1) is 0 Å². The Labute approximate surface area is 127 Å². The fourth-order valence-corrected chi connectivity index (χ4v) is 1.81. The Bertz CT molecular complexity index is 807. The summed E-state index contributed by atoms with van der Waals surface area (Å²) in [6, 6.07) is 5.17. The van der Waals surface area contributed by atoms with E-state index < -0.39 is 28.9 Å². The number of nitrogens with one attached hydrogen (secondary N) is 2. The first kappa shape index (κ1) is 16.5. The number of aromatic amines is 1. The summed E-state index contributed by atoms with van der Waals surface area (Å²) in [5.74, 6) is -0.470. The van der Waals surface area contributed by atoms with E-state index in [1.807, 2.05) is 4.98 Å². The molecule has 9 heteroatoms. The number of aromatic nitrogens is 2. The summed E-state index contributed by atoms with van der Waals surface area (Å²) in [6.45, 7) is 0.0298. The van der Waals surface area contributed by atoms with Crippen molar-refractivity contribution < 1.29 is 18.0 Å². The Kier molecular flexibility index (Phi) is 4.68. The molecule has 0 unspecified atom stereocenters. The minimum atomic E-state index is -4.44. The average Bonchev–Trinajstić information content (AvgIpc) is 2.46. The van der Waals surface area contributed by atoms with E-state index in [4.69, 9.17) is 0 Å². The zero-order valence-corrected chi connectivity index (χ0v) is 11.7. The molecule has 0 aliphatic heterocycles. The largest absolute Gasteiger partial charge is 0.416 e.